The number of Topliss-reactive ketones (excluding diaryl/α,β-unsaturated/α-hetero) is 2. The van der Waals surface area contributed by atoms with Crippen LogP contribution in [0.15, 0.2) is 23.0 Å². The van der Waals surface area contributed by atoms with Crippen molar-refractivity contribution in [2.45, 2.75) is 24.5 Å². The number of benzene rings is 1. The Bertz CT molecular complexity index is 1440. The van der Waals surface area contributed by atoms with Crippen LogP contribution in [0, 0.1) is 23.7 Å². The average Bonchev–Trinajstić information content (AvgIpc) is 2.80. The molecule has 0 heterocycles. The summed E-state index contributed by atoms with van der Waals surface area (Å²) in [5, 5.41) is 53.8. The molecule has 0 saturated heterocycles. The molecule has 0 aromatic heterocycles. The van der Waals surface area contributed by atoms with Gasteiger partial charge in [-0.2, -0.15) is 0 Å². The van der Waals surface area contributed by atoms with Gasteiger partial charge in [-0.25, -0.2) is 4.79 Å². The maximum absolute atomic E-state index is 13.9. The molecule has 38 heavy (non-hydrogen) atoms. The number of aliphatic hydroxyl groups excluding tert-OH is 2. The number of ketones is 2. The largest absolute Gasteiger partial charge is 0.508 e. The lowest BCUT2D eigenvalue weighted by Gasteiger charge is -2.50. The molecule has 1 aromatic rings. The van der Waals surface area contributed by atoms with E-state index >= 15 is 0 Å². The number of primary amides is 1. The first-order chi connectivity index (χ1) is 17.6. The van der Waals surface area contributed by atoms with Crippen molar-refractivity contribution < 1.29 is 44.7 Å². The van der Waals surface area contributed by atoms with Gasteiger partial charge in [0.25, 0.3) is 5.91 Å². The molecule has 0 unspecified atom stereocenters. The van der Waals surface area contributed by atoms with Crippen LogP contribution in [-0.4, -0.2) is 93.7 Å². The number of phenolic OH excluding ortho intramolecular Hbond substituents is 1. The molecule has 4 rings (SSSR count). The van der Waals surface area contributed by atoms with E-state index in [2.05, 4.69) is 5.92 Å². The minimum absolute atomic E-state index is 0.0417. The first kappa shape index (κ1) is 26.7. The normalized spacial score (nSPS) is 26.3. The average molecular weight is 526 g/mol. The molecule has 0 radical (unpaired) electrons. The number of anilines is 1. The number of nitrogens with two attached hydrogens (primary N) is 1. The number of likely N-dealkylation sites (N-methyl/N-ethyl adjacent to an activating group) is 1. The zero-order valence-electron chi connectivity index (χ0n) is 21.1. The van der Waals surface area contributed by atoms with Crippen LogP contribution in [0.5, 0.6) is 5.75 Å². The molecule has 3 aliphatic rings. The summed E-state index contributed by atoms with van der Waals surface area (Å²) in [5.41, 5.74) is 2.03. The summed E-state index contributed by atoms with van der Waals surface area (Å²) in [6.45, 7) is 0. The first-order valence-corrected chi connectivity index (χ1v) is 11.6. The fourth-order valence-corrected chi connectivity index (χ4v) is 5.91. The number of aromatic hydroxyl groups is 1. The number of carbonyl (C=O) groups excluding carboxylic acids is 3. The number of hydrogen-bond donors (Lipinski definition) is 6. The minimum atomic E-state index is -2.74. The van der Waals surface area contributed by atoms with Crippen molar-refractivity contribution in [2.24, 2.45) is 17.6 Å². The van der Waals surface area contributed by atoms with E-state index in [9.17, 15) is 39.6 Å². The molecule has 1 amide bonds. The highest BCUT2D eigenvalue weighted by Gasteiger charge is 2.64. The van der Waals surface area contributed by atoms with Crippen molar-refractivity contribution in [3.8, 4) is 17.6 Å². The van der Waals surface area contributed by atoms with Crippen molar-refractivity contribution in [3.63, 3.8) is 0 Å². The predicted octanol–water partition coefficient (Wildman–Crippen LogP) is -0.534. The monoisotopic (exact) mass is 525 g/mol. The van der Waals surface area contributed by atoms with Gasteiger partial charge in [-0.3, -0.25) is 19.3 Å². The van der Waals surface area contributed by atoms with Crippen LogP contribution >= 0.6 is 0 Å². The van der Waals surface area contributed by atoms with Gasteiger partial charge in [0.1, 0.15) is 22.8 Å². The van der Waals surface area contributed by atoms with Gasteiger partial charge in [0.15, 0.2) is 11.4 Å². The topological polar surface area (TPSA) is 202 Å². The SMILES string of the molecule is CN(C)c1cc(C#CC(=O)O)c(O)c2c1C[C@H]1C[C@H]3[C@H](N(C)C)C(=O)C(C(N)=O)=C(O)[C@@]3(O)C(=O)C1=C2O. The maximum Gasteiger partial charge on any atom is 0.382 e. The Morgan fingerprint density at radius 1 is 1.13 bits per heavy atom. The van der Waals surface area contributed by atoms with E-state index in [1.165, 1.54) is 25.1 Å². The quantitative estimate of drug-likeness (QED) is 0.219. The second-order valence-electron chi connectivity index (χ2n) is 10.1. The van der Waals surface area contributed by atoms with Crippen LogP contribution in [0.1, 0.15) is 23.1 Å². The zero-order chi connectivity index (χ0) is 28.4. The smallest absolute Gasteiger partial charge is 0.382 e. The Morgan fingerprint density at radius 3 is 2.29 bits per heavy atom. The highest BCUT2D eigenvalue weighted by atomic mass is 16.4. The molecule has 200 valence electrons. The van der Waals surface area contributed by atoms with E-state index in [4.69, 9.17) is 10.8 Å². The van der Waals surface area contributed by atoms with Crippen LogP contribution in [0.25, 0.3) is 5.76 Å². The molecule has 12 nitrogen and oxygen atoms in total. The van der Waals surface area contributed by atoms with E-state index in [1.54, 1.807) is 19.0 Å². The van der Waals surface area contributed by atoms with Crippen molar-refractivity contribution >= 4 is 34.9 Å². The summed E-state index contributed by atoms with van der Waals surface area (Å²) in [4.78, 5) is 53.1. The Labute approximate surface area is 217 Å². The van der Waals surface area contributed by atoms with Crippen LogP contribution in [0.2, 0.25) is 0 Å². The fraction of sp³-hybridized carbons (Fsp3) is 0.385. The van der Waals surface area contributed by atoms with Gasteiger partial charge in [-0.05, 0) is 44.5 Å². The predicted molar refractivity (Wildman–Crippen MR) is 133 cm³/mol. The molecule has 0 bridgehead atoms. The third-order valence-electron chi connectivity index (χ3n) is 7.48. The van der Waals surface area contributed by atoms with E-state index < -0.39 is 69.8 Å². The Morgan fingerprint density at radius 2 is 1.76 bits per heavy atom. The Kier molecular flexibility index (Phi) is 6.25. The summed E-state index contributed by atoms with van der Waals surface area (Å²) in [6.07, 6.45) is 0.0578. The molecule has 7 N–H and O–H groups in total. The third kappa shape index (κ3) is 3.62. The number of nitrogens with zero attached hydrogens (tertiary/aromatic N) is 2. The second kappa shape index (κ2) is 8.90. The standard InChI is InChI=1S/C26H27N3O9/c1-28(2)14-9-10(5-6-15(30)31)20(32)17-12(14)7-11-8-13-19(29(3)4)22(34)18(25(27)37)24(36)26(13,38)23(35)16(11)21(17)33/h9,11,13,19,32-33,36,38H,7-8H2,1-4H3,(H2,27,37)(H,30,31)/t11-,13-,19-,26-/m0/s1. The highest BCUT2D eigenvalue weighted by Crippen LogP contribution is 2.54. The lowest BCUT2D eigenvalue weighted by Crippen LogP contribution is -2.65. The Balaban J connectivity index is 2.02. The van der Waals surface area contributed by atoms with Crippen molar-refractivity contribution in [3.05, 3.63) is 39.7 Å². The molecule has 0 spiro atoms. The number of aliphatic hydroxyl groups is 3. The van der Waals surface area contributed by atoms with Gasteiger partial charge in [-0.15, -0.1) is 0 Å². The van der Waals surface area contributed by atoms with Crippen LogP contribution < -0.4 is 10.6 Å². The summed E-state index contributed by atoms with van der Waals surface area (Å²) in [7, 11) is 6.43. The van der Waals surface area contributed by atoms with Crippen molar-refractivity contribution in [1.82, 2.24) is 4.90 Å². The molecular formula is C26H27N3O9. The zero-order valence-corrected chi connectivity index (χ0v) is 21.1. The van der Waals surface area contributed by atoms with Crippen molar-refractivity contribution in [1.29, 1.82) is 0 Å². The van der Waals surface area contributed by atoms with Crippen LogP contribution in [0.3, 0.4) is 0 Å². The molecular weight excluding hydrogens is 498 g/mol. The number of amides is 1. The third-order valence-corrected chi connectivity index (χ3v) is 7.48. The van der Waals surface area contributed by atoms with Crippen LogP contribution in [-0.2, 0) is 25.6 Å². The van der Waals surface area contributed by atoms with Crippen LogP contribution in [0.4, 0.5) is 5.69 Å². The second-order valence-corrected chi connectivity index (χ2v) is 10.1. The van der Waals surface area contributed by atoms with E-state index in [-0.39, 0.29) is 29.5 Å². The summed E-state index contributed by atoms with van der Waals surface area (Å²) < 4.78 is 0. The maximum atomic E-state index is 13.9. The van der Waals surface area contributed by atoms with E-state index in [0.29, 0.717) is 11.3 Å². The molecule has 1 aromatic carbocycles. The number of aliphatic carboxylic acids is 1. The molecule has 3 aliphatic carbocycles. The number of hydrogen-bond acceptors (Lipinski definition) is 10. The fourth-order valence-electron chi connectivity index (χ4n) is 5.91. The molecule has 1 fully saturated rings. The van der Waals surface area contributed by atoms with Gasteiger partial charge in [0.2, 0.25) is 5.78 Å². The number of phenols is 1. The summed E-state index contributed by atoms with van der Waals surface area (Å²) in [5.74, 6) is -4.82. The van der Waals surface area contributed by atoms with Gasteiger partial charge in [0, 0.05) is 37.2 Å². The van der Waals surface area contributed by atoms with Crippen molar-refractivity contribution in [2.75, 3.05) is 33.1 Å². The highest BCUT2D eigenvalue weighted by molar-refractivity contribution is 6.24. The number of carboxylic acids is 1. The summed E-state index contributed by atoms with van der Waals surface area (Å²) in [6, 6.07) is 0.284. The van der Waals surface area contributed by atoms with Gasteiger partial charge < -0.3 is 36.2 Å². The van der Waals surface area contributed by atoms with Gasteiger partial charge in [-0.1, -0.05) is 5.92 Å². The number of carbonyl (C=O) groups is 4. The molecule has 4 atom stereocenters. The number of rotatable bonds is 3. The number of carboxylic acid groups (broad SMARTS) is 1. The Hall–Kier alpha value is -4.34. The molecule has 1 saturated carbocycles. The summed E-state index contributed by atoms with van der Waals surface area (Å²) >= 11 is 0. The molecule has 12 heteroatoms. The van der Waals surface area contributed by atoms with Gasteiger partial charge >= 0.3 is 5.97 Å². The van der Waals surface area contributed by atoms with E-state index in [1.807, 2.05) is 5.92 Å². The lowest BCUT2D eigenvalue weighted by molar-refractivity contribution is -0.153. The minimum Gasteiger partial charge on any atom is -0.508 e. The lowest BCUT2D eigenvalue weighted by atomic mass is 9.57. The number of fused-ring (bicyclic) bond motifs is 3. The van der Waals surface area contributed by atoms with E-state index in [0.717, 1.165) is 0 Å². The first-order valence-electron chi connectivity index (χ1n) is 11.6. The molecule has 0 aliphatic heterocycles. The van der Waals surface area contributed by atoms with Gasteiger partial charge in [0.05, 0.1) is 17.2 Å².